The Hall–Kier alpha value is -2.54. The van der Waals surface area contributed by atoms with Gasteiger partial charge in [0.15, 0.2) is 5.82 Å². The van der Waals surface area contributed by atoms with Crippen LogP contribution in [-0.2, 0) is 6.42 Å². The van der Waals surface area contributed by atoms with Crippen LogP contribution in [0.4, 0.5) is 11.5 Å². The van der Waals surface area contributed by atoms with Gasteiger partial charge in [0, 0.05) is 29.5 Å². The second kappa shape index (κ2) is 6.27. The zero-order chi connectivity index (χ0) is 15.4. The molecule has 0 radical (unpaired) electrons. The molecule has 1 aromatic heterocycles. The van der Waals surface area contributed by atoms with E-state index in [-0.39, 0.29) is 5.69 Å². The van der Waals surface area contributed by atoms with E-state index in [1.54, 1.807) is 18.2 Å². The molecule has 1 heterocycles. The molecule has 2 rings (SSSR count). The molecule has 0 amide bonds. The van der Waals surface area contributed by atoms with Gasteiger partial charge in [0.2, 0.25) is 0 Å². The van der Waals surface area contributed by atoms with E-state index < -0.39 is 4.92 Å². The van der Waals surface area contributed by atoms with Crippen molar-refractivity contribution in [2.75, 3.05) is 5.43 Å². The number of benzene rings is 1. The number of hydrogen-bond donors (Lipinski definition) is 2. The number of nitro benzene ring substituents is 1. The molecule has 110 valence electrons. The lowest BCUT2D eigenvalue weighted by atomic mass is 10.1. The molecule has 7 nitrogen and oxygen atoms in total. The third-order valence-corrected chi connectivity index (χ3v) is 2.88. The first-order chi connectivity index (χ1) is 9.99. The lowest BCUT2D eigenvalue weighted by molar-refractivity contribution is -0.384. The quantitative estimate of drug-likeness (QED) is 0.497. The number of nitrogens with one attached hydrogen (secondary N) is 1. The highest BCUT2D eigenvalue weighted by atomic mass is 16.6. The van der Waals surface area contributed by atoms with Crippen LogP contribution in [-0.4, -0.2) is 14.9 Å². The van der Waals surface area contributed by atoms with Crippen molar-refractivity contribution in [1.82, 2.24) is 9.97 Å². The second-order valence-electron chi connectivity index (χ2n) is 5.11. The summed E-state index contributed by atoms with van der Waals surface area (Å²) in [5, 5.41) is 10.7. The van der Waals surface area contributed by atoms with Crippen LogP contribution >= 0.6 is 0 Å². The van der Waals surface area contributed by atoms with Crippen molar-refractivity contribution in [2.24, 2.45) is 11.8 Å². The van der Waals surface area contributed by atoms with Crippen molar-refractivity contribution >= 4 is 11.5 Å². The summed E-state index contributed by atoms with van der Waals surface area (Å²) in [6.45, 7) is 4.20. The lowest BCUT2D eigenvalue weighted by Crippen LogP contribution is -2.11. The molecule has 0 aliphatic heterocycles. The Bertz CT molecular complexity index is 640. The number of anilines is 1. The molecule has 0 unspecified atom stereocenters. The number of nitro groups is 1. The van der Waals surface area contributed by atoms with Crippen molar-refractivity contribution < 1.29 is 4.92 Å². The van der Waals surface area contributed by atoms with E-state index in [0.29, 0.717) is 23.1 Å². The number of aromatic nitrogens is 2. The van der Waals surface area contributed by atoms with Gasteiger partial charge in [-0.15, -0.1) is 0 Å². The summed E-state index contributed by atoms with van der Waals surface area (Å²) in [7, 11) is 0. The molecule has 0 bridgehead atoms. The first-order valence-electron chi connectivity index (χ1n) is 6.59. The molecule has 21 heavy (non-hydrogen) atoms. The summed E-state index contributed by atoms with van der Waals surface area (Å²) in [4.78, 5) is 19.0. The standard InChI is InChI=1S/C14H17N5O2/c1-9(2)7-11-8-13(18-15)17-14(16-11)10-3-5-12(6-4-10)19(20)21/h3-6,8-9H,7,15H2,1-2H3,(H,16,17,18). The first-order valence-corrected chi connectivity index (χ1v) is 6.59. The summed E-state index contributed by atoms with van der Waals surface area (Å²) < 4.78 is 0. The third kappa shape index (κ3) is 3.73. The predicted molar refractivity (Wildman–Crippen MR) is 80.5 cm³/mol. The number of hydrazine groups is 1. The van der Waals surface area contributed by atoms with Crippen LogP contribution in [0.25, 0.3) is 11.4 Å². The topological polar surface area (TPSA) is 107 Å². The number of hydrogen-bond acceptors (Lipinski definition) is 6. The molecule has 0 fully saturated rings. The van der Waals surface area contributed by atoms with Crippen LogP contribution in [0.3, 0.4) is 0 Å². The number of nitrogen functional groups attached to an aromatic ring is 1. The van der Waals surface area contributed by atoms with Gasteiger partial charge in [0.25, 0.3) is 5.69 Å². The van der Waals surface area contributed by atoms with E-state index >= 15 is 0 Å². The predicted octanol–water partition coefficient (Wildman–Crippen LogP) is 2.54. The number of nitrogens with zero attached hydrogens (tertiary/aromatic N) is 3. The minimum atomic E-state index is -0.438. The fraction of sp³-hybridized carbons (Fsp3) is 0.286. The normalized spacial score (nSPS) is 10.7. The number of non-ortho nitro benzene ring substituents is 1. The fourth-order valence-electron chi connectivity index (χ4n) is 1.96. The van der Waals surface area contributed by atoms with Crippen LogP contribution in [0.15, 0.2) is 30.3 Å². The Balaban J connectivity index is 2.39. The summed E-state index contributed by atoms with van der Waals surface area (Å²) in [5.41, 5.74) is 4.14. The van der Waals surface area contributed by atoms with Gasteiger partial charge < -0.3 is 5.43 Å². The molecule has 2 aromatic rings. The zero-order valence-electron chi connectivity index (χ0n) is 11.9. The monoisotopic (exact) mass is 287 g/mol. The maximum absolute atomic E-state index is 10.7. The number of rotatable bonds is 5. The van der Waals surface area contributed by atoms with E-state index in [9.17, 15) is 10.1 Å². The molecular weight excluding hydrogens is 270 g/mol. The average Bonchev–Trinajstić information content (AvgIpc) is 2.46. The zero-order valence-corrected chi connectivity index (χ0v) is 11.9. The maximum atomic E-state index is 10.7. The van der Waals surface area contributed by atoms with Crippen molar-refractivity contribution in [2.45, 2.75) is 20.3 Å². The van der Waals surface area contributed by atoms with E-state index in [1.165, 1.54) is 12.1 Å². The maximum Gasteiger partial charge on any atom is 0.269 e. The fourth-order valence-corrected chi connectivity index (χ4v) is 1.96. The smallest absolute Gasteiger partial charge is 0.269 e. The molecule has 0 saturated heterocycles. The highest BCUT2D eigenvalue weighted by molar-refractivity contribution is 5.59. The minimum Gasteiger partial charge on any atom is -0.308 e. The van der Waals surface area contributed by atoms with Gasteiger partial charge in [0.1, 0.15) is 5.82 Å². The summed E-state index contributed by atoms with van der Waals surface area (Å²) >= 11 is 0. The van der Waals surface area contributed by atoms with Crippen LogP contribution in [0.2, 0.25) is 0 Å². The summed E-state index contributed by atoms with van der Waals surface area (Å²) in [6.07, 6.45) is 0.803. The molecule has 0 aliphatic rings. The van der Waals surface area contributed by atoms with Gasteiger partial charge in [-0.25, -0.2) is 15.8 Å². The largest absolute Gasteiger partial charge is 0.308 e. The van der Waals surface area contributed by atoms with Crippen molar-refractivity contribution in [1.29, 1.82) is 0 Å². The minimum absolute atomic E-state index is 0.0364. The van der Waals surface area contributed by atoms with Crippen LogP contribution in [0, 0.1) is 16.0 Å². The lowest BCUT2D eigenvalue weighted by Gasteiger charge is -2.09. The third-order valence-electron chi connectivity index (χ3n) is 2.88. The van der Waals surface area contributed by atoms with E-state index in [0.717, 1.165) is 12.1 Å². The Kier molecular flexibility index (Phi) is 4.44. The van der Waals surface area contributed by atoms with Gasteiger partial charge >= 0.3 is 0 Å². The first kappa shape index (κ1) is 14.9. The highest BCUT2D eigenvalue weighted by Crippen LogP contribution is 2.21. The van der Waals surface area contributed by atoms with Gasteiger partial charge in [-0.3, -0.25) is 10.1 Å². The molecule has 7 heteroatoms. The molecule has 0 spiro atoms. The molecule has 0 saturated carbocycles. The highest BCUT2D eigenvalue weighted by Gasteiger charge is 2.10. The molecule has 3 N–H and O–H groups in total. The summed E-state index contributed by atoms with van der Waals surface area (Å²) in [6, 6.07) is 7.93. The van der Waals surface area contributed by atoms with Gasteiger partial charge in [-0.2, -0.15) is 0 Å². The van der Waals surface area contributed by atoms with Crippen molar-refractivity contribution in [3.63, 3.8) is 0 Å². The van der Waals surface area contributed by atoms with Gasteiger partial charge in [-0.1, -0.05) is 13.8 Å². The Morgan fingerprint density at radius 1 is 1.29 bits per heavy atom. The summed E-state index contributed by atoms with van der Waals surface area (Å²) in [5.74, 6) is 6.90. The van der Waals surface area contributed by atoms with E-state index in [2.05, 4.69) is 29.2 Å². The Morgan fingerprint density at radius 2 is 1.95 bits per heavy atom. The van der Waals surface area contributed by atoms with E-state index in [4.69, 9.17) is 5.84 Å². The van der Waals surface area contributed by atoms with Gasteiger partial charge in [-0.05, 0) is 24.5 Å². The van der Waals surface area contributed by atoms with E-state index in [1.807, 2.05) is 0 Å². The van der Waals surface area contributed by atoms with Crippen molar-refractivity contribution in [3.8, 4) is 11.4 Å². The van der Waals surface area contributed by atoms with Crippen molar-refractivity contribution in [3.05, 3.63) is 46.1 Å². The Morgan fingerprint density at radius 3 is 2.48 bits per heavy atom. The Labute approximate surface area is 122 Å². The molecule has 1 aromatic carbocycles. The SMILES string of the molecule is CC(C)Cc1cc(NN)nc(-c2ccc([N+](=O)[O-])cc2)n1. The second-order valence-corrected chi connectivity index (χ2v) is 5.11. The number of nitrogens with two attached hydrogens (primary N) is 1. The van der Waals surface area contributed by atoms with Crippen LogP contribution in [0.1, 0.15) is 19.5 Å². The average molecular weight is 287 g/mol. The molecule has 0 atom stereocenters. The van der Waals surface area contributed by atoms with Crippen LogP contribution < -0.4 is 11.3 Å². The van der Waals surface area contributed by atoms with Gasteiger partial charge in [0.05, 0.1) is 4.92 Å². The van der Waals surface area contributed by atoms with Crippen LogP contribution in [0.5, 0.6) is 0 Å². The molecular formula is C14H17N5O2. The molecule has 0 aliphatic carbocycles.